The Bertz CT molecular complexity index is 1790. The fourth-order valence-electron chi connectivity index (χ4n) is 9.81. The summed E-state index contributed by atoms with van der Waals surface area (Å²) in [5.41, 5.74) is 2.94. The van der Waals surface area contributed by atoms with Crippen LogP contribution in [0.1, 0.15) is 104 Å². The standard InChI is InChI=1S/C24H36ClN3O3.C20H28BrClN2O2.C4H9NO/c1-23(2,3)31-22(29)27-12-9-24(10-13-27)8-5-11-28(24)18-19-6-4-7-20(21(19)25)26-14-16-30-17-15-26;1-19(2,3)26-18(25)23-12-9-20(10-13-23)8-5-11-24(20)14-15-6-4-7-16(21)17(15)22;1-3-6-4-2-5-1/h4,6-7H,5,8-18H2,1-3H3;4,6-7H,5,8-14H2,1-3H3;5H,1-4H2. The highest BCUT2D eigenvalue weighted by Crippen LogP contribution is 2.43. The van der Waals surface area contributed by atoms with Crippen molar-refractivity contribution in [1.29, 1.82) is 0 Å². The Hall–Kier alpha value is -2.36. The zero-order valence-electron chi connectivity index (χ0n) is 38.8. The number of piperidine rings is 2. The minimum absolute atomic E-state index is 0.164. The van der Waals surface area contributed by atoms with Gasteiger partial charge in [0.15, 0.2) is 0 Å². The summed E-state index contributed by atoms with van der Waals surface area (Å²) in [5.74, 6) is 0. The van der Waals surface area contributed by atoms with Gasteiger partial charge in [0.1, 0.15) is 11.2 Å². The number of hydrogen-bond donors (Lipinski definition) is 1. The first-order valence-electron chi connectivity index (χ1n) is 23.3. The largest absolute Gasteiger partial charge is 0.444 e. The third kappa shape index (κ3) is 13.8. The van der Waals surface area contributed by atoms with E-state index in [9.17, 15) is 9.59 Å². The van der Waals surface area contributed by atoms with Gasteiger partial charge in [0.05, 0.1) is 42.2 Å². The SMILES string of the molecule is C1COCCN1.CC(C)(C)OC(=O)N1CCC2(CCCN2Cc2cccc(Br)c2Cl)CC1.CC(C)(C)OC(=O)N1CCC2(CCCN2Cc2cccc(N3CCOCC3)c2Cl)CC1. The van der Waals surface area contributed by atoms with E-state index in [2.05, 4.69) is 60.2 Å². The molecule has 2 aromatic rings. The number of anilines is 1. The van der Waals surface area contributed by atoms with Gasteiger partial charge in [-0.25, -0.2) is 9.59 Å². The van der Waals surface area contributed by atoms with Crippen molar-refractivity contribution in [3.8, 4) is 0 Å². The fourth-order valence-corrected chi connectivity index (χ4v) is 10.7. The van der Waals surface area contributed by atoms with Crippen LogP contribution in [-0.2, 0) is 32.0 Å². The van der Waals surface area contributed by atoms with E-state index in [-0.39, 0.29) is 23.3 Å². The number of nitrogens with one attached hydrogen (secondary N) is 1. The van der Waals surface area contributed by atoms with Gasteiger partial charge in [-0.05, 0) is 145 Å². The second kappa shape index (κ2) is 22.4. The summed E-state index contributed by atoms with van der Waals surface area (Å²) in [6, 6.07) is 12.5. The van der Waals surface area contributed by atoms with Crippen LogP contribution in [-0.4, -0.2) is 146 Å². The number of nitrogens with zero attached hydrogens (tertiary/aromatic N) is 5. The van der Waals surface area contributed by atoms with Crippen LogP contribution in [0.25, 0.3) is 0 Å². The van der Waals surface area contributed by atoms with Crippen LogP contribution >= 0.6 is 39.1 Å². The van der Waals surface area contributed by atoms with E-state index in [0.29, 0.717) is 0 Å². The van der Waals surface area contributed by atoms with Crippen LogP contribution in [0.15, 0.2) is 40.9 Å². The lowest BCUT2D eigenvalue weighted by Gasteiger charge is -2.45. The van der Waals surface area contributed by atoms with Crippen LogP contribution < -0.4 is 10.2 Å². The van der Waals surface area contributed by atoms with Gasteiger partial charge in [0.25, 0.3) is 0 Å². The van der Waals surface area contributed by atoms with Crippen molar-refractivity contribution < 1.29 is 28.5 Å². The Morgan fingerprint density at radius 2 is 1.08 bits per heavy atom. The number of carbonyl (C=O) groups is 2. The maximum atomic E-state index is 12.5. The molecular weight excluding hydrogens is 907 g/mol. The Morgan fingerprint density at radius 1 is 0.635 bits per heavy atom. The number of ether oxygens (including phenoxy) is 4. The molecule has 2 spiro atoms. The van der Waals surface area contributed by atoms with E-state index in [1.807, 2.05) is 63.5 Å². The number of likely N-dealkylation sites (tertiary alicyclic amines) is 4. The zero-order chi connectivity index (χ0) is 45.3. The normalized spacial score (nSPS) is 21.7. The monoisotopic (exact) mass is 978 g/mol. The van der Waals surface area contributed by atoms with Crippen molar-refractivity contribution in [3.05, 3.63) is 62.0 Å². The van der Waals surface area contributed by atoms with Crippen LogP contribution in [0.3, 0.4) is 0 Å². The first-order valence-corrected chi connectivity index (χ1v) is 24.8. The van der Waals surface area contributed by atoms with Crippen LogP contribution in [0.2, 0.25) is 10.0 Å². The van der Waals surface area contributed by atoms with Crippen LogP contribution in [0.5, 0.6) is 0 Å². The summed E-state index contributed by atoms with van der Waals surface area (Å²) in [7, 11) is 0. The van der Waals surface area contributed by atoms with Crippen molar-refractivity contribution in [1.82, 2.24) is 24.9 Å². The fraction of sp³-hybridized carbons (Fsp3) is 0.708. The highest BCUT2D eigenvalue weighted by molar-refractivity contribution is 9.10. The van der Waals surface area contributed by atoms with Gasteiger partial charge in [0, 0.05) is 81.0 Å². The number of morpholine rings is 2. The molecule has 0 unspecified atom stereocenters. The summed E-state index contributed by atoms with van der Waals surface area (Å²) in [6.07, 6.45) is 8.40. The van der Waals surface area contributed by atoms with Crippen molar-refractivity contribution in [2.45, 2.75) is 128 Å². The minimum atomic E-state index is -0.451. The lowest BCUT2D eigenvalue weighted by molar-refractivity contribution is 0.000726. The summed E-state index contributed by atoms with van der Waals surface area (Å²) in [4.78, 5) is 36.1. The molecule has 6 aliphatic rings. The van der Waals surface area contributed by atoms with E-state index >= 15 is 0 Å². The topological polar surface area (TPSA) is 99.3 Å². The van der Waals surface area contributed by atoms with Gasteiger partial charge in [-0.1, -0.05) is 47.5 Å². The summed E-state index contributed by atoms with van der Waals surface area (Å²) < 4.78 is 22.6. The van der Waals surface area contributed by atoms with Crippen molar-refractivity contribution >= 4 is 57.0 Å². The van der Waals surface area contributed by atoms with E-state index in [0.717, 1.165) is 156 Å². The first kappa shape index (κ1) is 50.1. The molecule has 6 aliphatic heterocycles. The molecule has 0 saturated carbocycles. The van der Waals surface area contributed by atoms with Crippen LogP contribution in [0, 0.1) is 0 Å². The van der Waals surface area contributed by atoms with Gasteiger partial charge in [0.2, 0.25) is 0 Å². The Kier molecular flexibility index (Phi) is 17.8. The number of hydrogen-bond acceptors (Lipinski definition) is 10. The average Bonchev–Trinajstić information content (AvgIpc) is 3.82. The lowest BCUT2D eigenvalue weighted by Crippen LogP contribution is -2.53. The van der Waals surface area contributed by atoms with Gasteiger partial charge < -0.3 is 39.0 Å². The highest BCUT2D eigenvalue weighted by atomic mass is 79.9. The van der Waals surface area contributed by atoms with E-state index in [1.54, 1.807) is 0 Å². The Balaban J connectivity index is 0.000000187. The number of amides is 2. The molecule has 8 rings (SSSR count). The maximum Gasteiger partial charge on any atom is 0.410 e. The molecule has 352 valence electrons. The Morgan fingerprint density at radius 3 is 1.51 bits per heavy atom. The molecule has 0 bridgehead atoms. The molecule has 12 nitrogen and oxygen atoms in total. The molecule has 1 N–H and O–H groups in total. The third-order valence-electron chi connectivity index (χ3n) is 13.2. The summed E-state index contributed by atoms with van der Waals surface area (Å²) in [5, 5.41) is 4.84. The van der Waals surface area contributed by atoms with Crippen molar-refractivity contribution in [2.75, 3.05) is 96.8 Å². The van der Waals surface area contributed by atoms with E-state index in [1.165, 1.54) is 31.2 Å². The zero-order valence-corrected chi connectivity index (χ0v) is 41.9. The molecule has 15 heteroatoms. The van der Waals surface area contributed by atoms with Crippen LogP contribution in [0.4, 0.5) is 15.3 Å². The van der Waals surface area contributed by atoms with E-state index in [4.69, 9.17) is 42.1 Å². The second-order valence-corrected chi connectivity index (χ2v) is 21.5. The molecule has 0 aromatic heterocycles. The number of benzene rings is 2. The number of halogens is 3. The van der Waals surface area contributed by atoms with Gasteiger partial charge in [-0.3, -0.25) is 9.80 Å². The van der Waals surface area contributed by atoms with Crippen molar-refractivity contribution in [2.24, 2.45) is 0 Å². The first-order chi connectivity index (χ1) is 30.0. The highest BCUT2D eigenvalue weighted by Gasteiger charge is 2.46. The molecule has 6 saturated heterocycles. The second-order valence-electron chi connectivity index (χ2n) is 19.9. The summed E-state index contributed by atoms with van der Waals surface area (Å²) in [6.45, 7) is 25.6. The summed E-state index contributed by atoms with van der Waals surface area (Å²) >= 11 is 16.9. The molecule has 0 radical (unpaired) electrons. The molecule has 2 aromatic carbocycles. The molecule has 0 atom stereocenters. The molecular formula is C48H73BrCl2N6O6. The average molecular weight is 981 g/mol. The molecule has 6 heterocycles. The predicted octanol–water partition coefficient (Wildman–Crippen LogP) is 9.62. The molecule has 2 amide bonds. The van der Waals surface area contributed by atoms with E-state index < -0.39 is 11.2 Å². The Labute approximate surface area is 395 Å². The lowest BCUT2D eigenvalue weighted by atomic mass is 9.85. The predicted molar refractivity (Wildman–Crippen MR) is 256 cm³/mol. The van der Waals surface area contributed by atoms with Crippen molar-refractivity contribution in [3.63, 3.8) is 0 Å². The van der Waals surface area contributed by atoms with Gasteiger partial charge in [-0.2, -0.15) is 0 Å². The third-order valence-corrected chi connectivity index (χ3v) is 15.0. The molecule has 6 fully saturated rings. The number of rotatable bonds is 5. The number of carbonyl (C=O) groups excluding carboxylic acids is 2. The van der Waals surface area contributed by atoms with Gasteiger partial charge >= 0.3 is 12.2 Å². The van der Waals surface area contributed by atoms with Gasteiger partial charge in [-0.15, -0.1) is 0 Å². The maximum absolute atomic E-state index is 12.5. The minimum Gasteiger partial charge on any atom is -0.444 e. The smallest absolute Gasteiger partial charge is 0.410 e. The molecule has 63 heavy (non-hydrogen) atoms. The molecule has 0 aliphatic carbocycles. The quantitative estimate of drug-likeness (QED) is 0.312.